The van der Waals surface area contributed by atoms with Crippen LogP contribution < -0.4 is 4.74 Å². The van der Waals surface area contributed by atoms with Crippen molar-refractivity contribution in [3.8, 4) is 5.75 Å². The summed E-state index contributed by atoms with van der Waals surface area (Å²) in [6.45, 7) is -0.437. The molecule has 3 saturated carbocycles. The summed E-state index contributed by atoms with van der Waals surface area (Å²) in [7, 11) is 0. The smallest absolute Gasteiger partial charge is 0.387 e. The second kappa shape index (κ2) is 13.3. The molecule has 0 radical (unpaired) electrons. The summed E-state index contributed by atoms with van der Waals surface area (Å²) in [5, 5.41) is 0. The Kier molecular flexibility index (Phi) is 10.1. The zero-order chi connectivity index (χ0) is 23.8. The van der Waals surface area contributed by atoms with E-state index in [-0.39, 0.29) is 5.75 Å². The summed E-state index contributed by atoms with van der Waals surface area (Å²) in [5.74, 6) is 5.67. The van der Waals surface area contributed by atoms with Gasteiger partial charge in [0, 0.05) is 0 Å². The number of fused-ring (bicyclic) bond motifs is 1. The number of hydrogen-bond donors (Lipinski definition) is 0. The molecule has 0 saturated heterocycles. The normalized spacial score (nSPS) is 31.9. The standard InChI is InChI=1S/C31H48F2O/c1-2-3-4-5-6-23-7-9-24(10-8-23)11-12-25-13-14-29-22-28(16-15-27(29)21-25)26-17-19-30(20-18-26)34-31(32)33/h17-20,23-25,27-29,31H,2-16,21-22H2,1H3. The third-order valence-electron chi connectivity index (χ3n) is 9.71. The lowest BCUT2D eigenvalue weighted by atomic mass is 9.63. The van der Waals surface area contributed by atoms with E-state index >= 15 is 0 Å². The molecular weight excluding hydrogens is 426 g/mol. The molecule has 3 heteroatoms. The van der Waals surface area contributed by atoms with Crippen molar-refractivity contribution in [2.75, 3.05) is 0 Å². The summed E-state index contributed by atoms with van der Waals surface area (Å²) in [4.78, 5) is 0. The fourth-order valence-electron chi connectivity index (χ4n) is 7.61. The third kappa shape index (κ3) is 7.69. The Morgan fingerprint density at radius 2 is 1.32 bits per heavy atom. The number of unbranched alkanes of at least 4 members (excludes halogenated alkanes) is 3. The first kappa shape index (κ1) is 26.0. The van der Waals surface area contributed by atoms with Gasteiger partial charge in [0.1, 0.15) is 5.75 Å². The van der Waals surface area contributed by atoms with Crippen LogP contribution in [0, 0.1) is 29.6 Å². The van der Waals surface area contributed by atoms with E-state index in [2.05, 4.69) is 11.7 Å². The Balaban J connectivity index is 1.13. The van der Waals surface area contributed by atoms with Gasteiger partial charge in [-0.25, -0.2) is 0 Å². The van der Waals surface area contributed by atoms with E-state index in [0.717, 1.165) is 29.6 Å². The van der Waals surface area contributed by atoms with Gasteiger partial charge >= 0.3 is 6.61 Å². The van der Waals surface area contributed by atoms with E-state index in [0.29, 0.717) is 5.92 Å². The molecule has 3 aliphatic rings. The molecule has 0 spiro atoms. The lowest BCUT2D eigenvalue weighted by Crippen LogP contribution is -2.30. The minimum absolute atomic E-state index is 0.272. The lowest BCUT2D eigenvalue weighted by molar-refractivity contribution is -0.0498. The molecule has 1 aromatic rings. The van der Waals surface area contributed by atoms with E-state index < -0.39 is 6.61 Å². The molecule has 4 unspecified atom stereocenters. The van der Waals surface area contributed by atoms with Crippen LogP contribution in [0.3, 0.4) is 0 Å². The number of hydrogen-bond acceptors (Lipinski definition) is 1. The van der Waals surface area contributed by atoms with Crippen LogP contribution in [0.25, 0.3) is 0 Å². The van der Waals surface area contributed by atoms with Gasteiger partial charge in [0.25, 0.3) is 0 Å². The highest BCUT2D eigenvalue weighted by atomic mass is 19.3. The molecule has 0 N–H and O–H groups in total. The van der Waals surface area contributed by atoms with E-state index in [9.17, 15) is 8.78 Å². The van der Waals surface area contributed by atoms with Crippen LogP contribution in [0.5, 0.6) is 5.75 Å². The monoisotopic (exact) mass is 474 g/mol. The van der Waals surface area contributed by atoms with Crippen molar-refractivity contribution in [2.45, 2.75) is 129 Å². The lowest BCUT2D eigenvalue weighted by Gasteiger charge is -2.43. The van der Waals surface area contributed by atoms with E-state index in [4.69, 9.17) is 0 Å². The van der Waals surface area contributed by atoms with Crippen molar-refractivity contribution in [3.63, 3.8) is 0 Å². The summed E-state index contributed by atoms with van der Waals surface area (Å²) in [5.41, 5.74) is 1.31. The van der Waals surface area contributed by atoms with Gasteiger partial charge in [0.05, 0.1) is 0 Å². The van der Waals surface area contributed by atoms with Crippen molar-refractivity contribution >= 4 is 0 Å². The Labute approximate surface area is 207 Å². The van der Waals surface area contributed by atoms with Crippen molar-refractivity contribution < 1.29 is 13.5 Å². The Morgan fingerprint density at radius 1 is 0.706 bits per heavy atom. The molecule has 3 fully saturated rings. The van der Waals surface area contributed by atoms with Gasteiger partial charge in [-0.15, -0.1) is 0 Å². The number of halogens is 2. The molecule has 1 aromatic carbocycles. The summed E-state index contributed by atoms with van der Waals surface area (Å²) >= 11 is 0. The maximum absolute atomic E-state index is 12.4. The molecule has 4 atom stereocenters. The number of alkyl halides is 2. The number of rotatable bonds is 11. The quantitative estimate of drug-likeness (QED) is 0.290. The highest BCUT2D eigenvalue weighted by molar-refractivity contribution is 5.30. The van der Waals surface area contributed by atoms with Crippen LogP contribution in [-0.2, 0) is 0 Å². The summed E-state index contributed by atoms with van der Waals surface area (Å²) in [6, 6.07) is 7.44. The second-order valence-electron chi connectivity index (χ2n) is 12.0. The Hall–Kier alpha value is -1.12. The Bertz CT molecular complexity index is 694. The van der Waals surface area contributed by atoms with E-state index in [1.54, 1.807) is 12.1 Å². The SMILES string of the molecule is CCCCCCC1CCC(CCC2CCC3CC(c4ccc(OC(F)F)cc4)CCC3C2)CC1. The van der Waals surface area contributed by atoms with Gasteiger partial charge in [-0.2, -0.15) is 8.78 Å². The van der Waals surface area contributed by atoms with Crippen LogP contribution in [0.15, 0.2) is 24.3 Å². The topological polar surface area (TPSA) is 9.23 Å². The molecule has 0 aromatic heterocycles. The van der Waals surface area contributed by atoms with E-state index in [1.807, 2.05) is 12.1 Å². The summed E-state index contributed by atoms with van der Waals surface area (Å²) < 4.78 is 29.3. The fraction of sp³-hybridized carbons (Fsp3) is 0.806. The van der Waals surface area contributed by atoms with Crippen LogP contribution in [0.1, 0.15) is 128 Å². The fourth-order valence-corrected chi connectivity index (χ4v) is 7.61. The highest BCUT2D eigenvalue weighted by Gasteiger charge is 2.36. The predicted octanol–water partition coefficient (Wildman–Crippen LogP) is 10.1. The molecule has 4 rings (SSSR count). The van der Waals surface area contributed by atoms with Gasteiger partial charge in [-0.3, -0.25) is 0 Å². The molecule has 0 bridgehead atoms. The minimum atomic E-state index is -2.74. The molecule has 0 aliphatic heterocycles. The summed E-state index contributed by atoms with van der Waals surface area (Å²) in [6.07, 6.45) is 24.3. The van der Waals surface area contributed by atoms with Gasteiger partial charge in [-0.1, -0.05) is 96.1 Å². The first-order valence-electron chi connectivity index (χ1n) is 14.7. The van der Waals surface area contributed by atoms with Crippen LogP contribution in [0.4, 0.5) is 8.78 Å². The van der Waals surface area contributed by atoms with Gasteiger partial charge in [-0.05, 0) is 85.3 Å². The third-order valence-corrected chi connectivity index (χ3v) is 9.71. The van der Waals surface area contributed by atoms with Crippen molar-refractivity contribution in [3.05, 3.63) is 29.8 Å². The maximum atomic E-state index is 12.4. The van der Waals surface area contributed by atoms with E-state index in [1.165, 1.54) is 115 Å². The van der Waals surface area contributed by atoms with Gasteiger partial charge in [0.15, 0.2) is 0 Å². The van der Waals surface area contributed by atoms with Gasteiger partial charge in [0.2, 0.25) is 0 Å². The average Bonchev–Trinajstić information content (AvgIpc) is 2.86. The zero-order valence-electron chi connectivity index (χ0n) is 21.5. The van der Waals surface area contributed by atoms with Crippen molar-refractivity contribution in [1.82, 2.24) is 0 Å². The Morgan fingerprint density at radius 3 is 2.03 bits per heavy atom. The van der Waals surface area contributed by atoms with Crippen LogP contribution in [0.2, 0.25) is 0 Å². The first-order valence-corrected chi connectivity index (χ1v) is 14.7. The highest BCUT2D eigenvalue weighted by Crippen LogP contribution is 2.49. The molecule has 0 heterocycles. The van der Waals surface area contributed by atoms with Crippen LogP contribution >= 0.6 is 0 Å². The molecule has 34 heavy (non-hydrogen) atoms. The average molecular weight is 475 g/mol. The zero-order valence-corrected chi connectivity index (χ0v) is 21.5. The molecular formula is C31H48F2O. The number of benzene rings is 1. The van der Waals surface area contributed by atoms with Crippen LogP contribution in [-0.4, -0.2) is 6.61 Å². The maximum Gasteiger partial charge on any atom is 0.387 e. The molecule has 3 aliphatic carbocycles. The first-order chi connectivity index (χ1) is 16.6. The number of ether oxygens (including phenoxy) is 1. The van der Waals surface area contributed by atoms with Gasteiger partial charge < -0.3 is 4.74 Å². The minimum Gasteiger partial charge on any atom is -0.435 e. The largest absolute Gasteiger partial charge is 0.435 e. The van der Waals surface area contributed by atoms with Crippen molar-refractivity contribution in [1.29, 1.82) is 0 Å². The molecule has 1 nitrogen and oxygen atoms in total. The predicted molar refractivity (Wildman–Crippen MR) is 137 cm³/mol. The molecule has 0 amide bonds. The second-order valence-corrected chi connectivity index (χ2v) is 12.0. The molecule has 192 valence electrons. The van der Waals surface area contributed by atoms with Crippen molar-refractivity contribution in [2.24, 2.45) is 29.6 Å².